The molecule has 2 heterocycles. The van der Waals surface area contributed by atoms with Crippen LogP contribution in [0.15, 0.2) is 40.8 Å². The number of carbonyl (C=O) groups is 2. The van der Waals surface area contributed by atoms with Gasteiger partial charge in [0, 0.05) is 17.8 Å². The Hall–Kier alpha value is -3.49. The molecule has 9 nitrogen and oxygen atoms in total. The molecule has 0 fully saturated rings. The van der Waals surface area contributed by atoms with E-state index >= 15 is 0 Å². The van der Waals surface area contributed by atoms with Gasteiger partial charge in [-0.25, -0.2) is 18.6 Å². The Morgan fingerprint density at radius 1 is 1.23 bits per heavy atom. The van der Waals surface area contributed by atoms with Crippen LogP contribution in [-0.4, -0.2) is 51.3 Å². The van der Waals surface area contributed by atoms with Crippen molar-refractivity contribution in [1.82, 2.24) is 19.9 Å². The molecule has 1 aliphatic rings. The largest absolute Gasteiger partial charge is 0.493 e. The van der Waals surface area contributed by atoms with Gasteiger partial charge in [0.15, 0.2) is 0 Å². The van der Waals surface area contributed by atoms with E-state index in [0.29, 0.717) is 11.1 Å². The Labute approximate surface area is 203 Å². The maximum atomic E-state index is 14.0. The maximum absolute atomic E-state index is 14.0. The molecule has 1 aliphatic heterocycles. The van der Waals surface area contributed by atoms with Crippen LogP contribution in [0.2, 0.25) is 0 Å². The van der Waals surface area contributed by atoms with Crippen LogP contribution in [0.25, 0.3) is 0 Å². The second kappa shape index (κ2) is 10.4. The van der Waals surface area contributed by atoms with Gasteiger partial charge in [0.2, 0.25) is 5.88 Å². The number of hydrogen-bond donors (Lipinski definition) is 0. The molecule has 188 valence electrons. The topological polar surface area (TPSA) is 94.1 Å². The number of amides is 1. The minimum atomic E-state index is -5.37. The molecule has 35 heavy (non-hydrogen) atoms. The number of methoxy groups -OCH3 is 1. The van der Waals surface area contributed by atoms with Gasteiger partial charge in [0.1, 0.15) is 28.9 Å². The van der Waals surface area contributed by atoms with E-state index in [-0.39, 0.29) is 23.8 Å². The molecule has 15 heteroatoms. The third-order valence-corrected chi connectivity index (χ3v) is 5.30. The first-order valence-electron chi connectivity index (χ1n) is 9.64. The summed E-state index contributed by atoms with van der Waals surface area (Å²) in [5.41, 5.74) is 0.0918. The van der Waals surface area contributed by atoms with Gasteiger partial charge in [0.05, 0.1) is 19.3 Å². The van der Waals surface area contributed by atoms with Crippen molar-refractivity contribution in [1.29, 1.82) is 0 Å². The molecule has 0 saturated heterocycles. The summed E-state index contributed by atoms with van der Waals surface area (Å²) >= 11 is 2.95. The van der Waals surface area contributed by atoms with Gasteiger partial charge in [-0.1, -0.05) is 0 Å². The summed E-state index contributed by atoms with van der Waals surface area (Å²) in [6, 6.07) is 4.00. The van der Waals surface area contributed by atoms with Crippen molar-refractivity contribution in [3.63, 3.8) is 0 Å². The molecule has 3 rings (SSSR count). The highest BCUT2D eigenvalue weighted by Crippen LogP contribution is 2.33. The van der Waals surface area contributed by atoms with E-state index in [1.807, 2.05) is 0 Å². The average Bonchev–Trinajstić information content (AvgIpc) is 2.80. The molecule has 1 amide bonds. The Morgan fingerprint density at radius 2 is 1.94 bits per heavy atom. The quantitative estimate of drug-likeness (QED) is 0.470. The van der Waals surface area contributed by atoms with Gasteiger partial charge in [-0.2, -0.15) is 18.2 Å². The molecule has 0 spiro atoms. The zero-order valence-corrected chi connectivity index (χ0v) is 19.6. The minimum absolute atomic E-state index is 0.0140. The van der Waals surface area contributed by atoms with Crippen molar-refractivity contribution in [2.75, 3.05) is 7.11 Å². The summed E-state index contributed by atoms with van der Waals surface area (Å²) in [6.07, 6.45) is -5.35. The molecule has 0 aliphatic carbocycles. The number of alkyl halides is 3. The lowest BCUT2D eigenvalue weighted by molar-refractivity contribution is -0.258. The van der Waals surface area contributed by atoms with Crippen molar-refractivity contribution in [2.45, 2.75) is 32.4 Å². The lowest BCUT2D eigenvalue weighted by Gasteiger charge is -2.41. The summed E-state index contributed by atoms with van der Waals surface area (Å²) in [6.45, 7) is 0.398. The predicted octanol–water partition coefficient (Wildman–Crippen LogP) is 3.55. The van der Waals surface area contributed by atoms with Crippen LogP contribution in [0.1, 0.15) is 18.2 Å². The molecule has 0 N–H and O–H groups in total. The first-order chi connectivity index (χ1) is 16.4. The number of hydrogen-bond acceptors (Lipinski definition) is 8. The van der Waals surface area contributed by atoms with Crippen molar-refractivity contribution >= 4 is 27.8 Å². The summed E-state index contributed by atoms with van der Waals surface area (Å²) in [5, 5.41) is 0.418. The van der Waals surface area contributed by atoms with Crippen LogP contribution in [0.3, 0.4) is 0 Å². The number of rotatable bonds is 7. The molecular weight excluding hydrogens is 551 g/mol. The molecule has 1 unspecified atom stereocenters. The van der Waals surface area contributed by atoms with E-state index in [1.165, 1.54) is 26.3 Å². The molecule has 0 radical (unpaired) electrons. The molecule has 1 atom stereocenters. The first-order valence-corrected chi connectivity index (χ1v) is 10.4. The highest BCUT2D eigenvalue weighted by molar-refractivity contribution is 9.12. The van der Waals surface area contributed by atoms with E-state index in [4.69, 9.17) is 9.47 Å². The Bertz CT molecular complexity index is 1160. The van der Waals surface area contributed by atoms with Crippen LogP contribution in [0, 0.1) is 11.6 Å². The van der Waals surface area contributed by atoms with Crippen LogP contribution in [0.5, 0.6) is 6.01 Å². The second-order valence-corrected chi connectivity index (χ2v) is 7.74. The molecule has 1 aromatic heterocycles. The van der Waals surface area contributed by atoms with Crippen molar-refractivity contribution in [3.8, 4) is 6.01 Å². The van der Waals surface area contributed by atoms with E-state index in [0.717, 1.165) is 17.0 Å². The molecule has 0 bridgehead atoms. The smallest absolute Gasteiger partial charge is 0.471 e. The van der Waals surface area contributed by atoms with Gasteiger partial charge in [-0.3, -0.25) is 4.79 Å². The maximum Gasteiger partial charge on any atom is 0.493 e. The third-order valence-electron chi connectivity index (χ3n) is 4.63. The summed E-state index contributed by atoms with van der Waals surface area (Å²) in [7, 11) is 1.32. The summed E-state index contributed by atoms with van der Waals surface area (Å²) < 4.78 is 75.8. The molecule has 0 saturated carbocycles. The van der Waals surface area contributed by atoms with Crippen molar-refractivity contribution in [2.24, 2.45) is 0 Å². The summed E-state index contributed by atoms with van der Waals surface area (Å²) in [5.74, 6) is -5.82. The van der Waals surface area contributed by atoms with Gasteiger partial charge < -0.3 is 19.2 Å². The van der Waals surface area contributed by atoms with E-state index < -0.39 is 52.8 Å². The van der Waals surface area contributed by atoms with Gasteiger partial charge in [-0.05, 0) is 41.1 Å². The van der Waals surface area contributed by atoms with E-state index in [1.54, 1.807) is 0 Å². The van der Waals surface area contributed by atoms with Crippen LogP contribution >= 0.6 is 15.9 Å². The standard InChI is InChI=1S/C20H16BrF5N4O5/c1-10-29(8-13-5-6-27-19(28-13)33-2)16(31)15(21)17(30(10)35-18(32)20(24,25)26)34-9-11-3-4-12(22)7-14(11)23/h3-7,10H,8-9H2,1-2H3. The number of hydroxylamine groups is 2. The molecule has 1 aromatic carbocycles. The van der Waals surface area contributed by atoms with Crippen LogP contribution < -0.4 is 4.74 Å². The van der Waals surface area contributed by atoms with Gasteiger partial charge >= 0.3 is 18.2 Å². The lowest BCUT2D eigenvalue weighted by atomic mass is 10.2. The zero-order valence-electron chi connectivity index (χ0n) is 18.0. The lowest BCUT2D eigenvalue weighted by Crippen LogP contribution is -2.54. The monoisotopic (exact) mass is 566 g/mol. The Morgan fingerprint density at radius 3 is 2.57 bits per heavy atom. The average molecular weight is 567 g/mol. The van der Waals surface area contributed by atoms with E-state index in [2.05, 4.69) is 30.7 Å². The van der Waals surface area contributed by atoms with Gasteiger partial charge in [0.25, 0.3) is 5.91 Å². The second-order valence-electron chi connectivity index (χ2n) is 6.95. The van der Waals surface area contributed by atoms with E-state index in [9.17, 15) is 31.5 Å². The highest BCUT2D eigenvalue weighted by Gasteiger charge is 2.47. The number of carbonyl (C=O) groups excluding carboxylic acids is 2. The number of ether oxygens (including phenoxy) is 2. The number of halogens is 6. The SMILES string of the molecule is COc1nccc(CN2C(=O)C(Br)=C(OCc3ccc(F)cc3F)N(OC(=O)C(F)(F)F)C2C)n1. The number of aromatic nitrogens is 2. The summed E-state index contributed by atoms with van der Waals surface area (Å²) in [4.78, 5) is 38.0. The van der Waals surface area contributed by atoms with Crippen LogP contribution in [0.4, 0.5) is 22.0 Å². The Kier molecular flexibility index (Phi) is 7.77. The predicted molar refractivity (Wildman–Crippen MR) is 110 cm³/mol. The fourth-order valence-corrected chi connectivity index (χ4v) is 3.41. The molecular formula is C20H16BrF5N4O5. The first kappa shape index (κ1) is 26.1. The minimum Gasteiger partial charge on any atom is -0.471 e. The third kappa shape index (κ3) is 5.96. The van der Waals surface area contributed by atoms with Crippen molar-refractivity contribution in [3.05, 3.63) is 63.7 Å². The Balaban J connectivity index is 1.94. The highest BCUT2D eigenvalue weighted by atomic mass is 79.9. The van der Waals surface area contributed by atoms with Crippen LogP contribution in [-0.2, 0) is 32.3 Å². The number of nitrogens with zero attached hydrogens (tertiary/aromatic N) is 4. The van der Waals surface area contributed by atoms with Gasteiger partial charge in [-0.15, -0.1) is 5.06 Å². The zero-order chi connectivity index (χ0) is 25.9. The normalized spacial score (nSPS) is 16.5. The number of benzene rings is 1. The fraction of sp³-hybridized carbons (Fsp3) is 0.300. The van der Waals surface area contributed by atoms with Crippen molar-refractivity contribution < 1.29 is 45.9 Å². The fourth-order valence-electron chi connectivity index (χ4n) is 2.89. The molecule has 2 aromatic rings.